The van der Waals surface area contributed by atoms with E-state index < -0.39 is 18.2 Å². The molecule has 0 saturated carbocycles. The molecule has 0 aliphatic carbocycles. The number of hydrogen-bond donors (Lipinski definition) is 2. The summed E-state index contributed by atoms with van der Waals surface area (Å²) >= 11 is 5.82. The van der Waals surface area contributed by atoms with E-state index in [9.17, 15) is 15.0 Å². The van der Waals surface area contributed by atoms with Crippen LogP contribution in [0.25, 0.3) is 0 Å². The molecule has 2 atom stereocenters. The molecule has 0 amide bonds. The van der Waals surface area contributed by atoms with Crippen LogP contribution in [0, 0.1) is 6.92 Å². The number of pyridine rings is 1. The summed E-state index contributed by atoms with van der Waals surface area (Å²) in [5, 5.41) is 19.5. The van der Waals surface area contributed by atoms with Crippen LogP contribution < -0.4 is 0 Å². The zero-order chi connectivity index (χ0) is 13.0. The summed E-state index contributed by atoms with van der Waals surface area (Å²) in [6.45, 7) is 3.44. The molecule has 17 heavy (non-hydrogen) atoms. The Balaban J connectivity index is 2.96. The van der Waals surface area contributed by atoms with E-state index in [2.05, 4.69) is 9.72 Å². The minimum absolute atomic E-state index is 0.0563. The average Bonchev–Trinajstić information content (AvgIpc) is 2.27. The third kappa shape index (κ3) is 3.15. The van der Waals surface area contributed by atoms with E-state index in [1.54, 1.807) is 19.9 Å². The van der Waals surface area contributed by atoms with Gasteiger partial charge in [0.1, 0.15) is 11.3 Å². The number of ether oxygens (including phenoxy) is 1. The number of rotatable bonds is 4. The van der Waals surface area contributed by atoms with E-state index in [0.717, 1.165) is 0 Å². The average molecular weight is 260 g/mol. The van der Waals surface area contributed by atoms with Gasteiger partial charge in [0.15, 0.2) is 6.10 Å². The number of aromatic nitrogens is 1. The SMILES string of the molecule is CCOC(=O)C(O)C(O)c1c(C)ccnc1Cl. The van der Waals surface area contributed by atoms with Gasteiger partial charge in [0.25, 0.3) is 0 Å². The van der Waals surface area contributed by atoms with Crippen LogP contribution in [0.2, 0.25) is 5.15 Å². The molecule has 0 fully saturated rings. The Labute approximate surface area is 104 Å². The lowest BCUT2D eigenvalue weighted by molar-refractivity contribution is -0.159. The minimum atomic E-state index is -1.67. The second-order valence-corrected chi connectivity index (χ2v) is 3.83. The summed E-state index contributed by atoms with van der Waals surface area (Å²) in [6.07, 6.45) is -1.64. The summed E-state index contributed by atoms with van der Waals surface area (Å²) in [5.74, 6) is -0.890. The molecule has 94 valence electrons. The van der Waals surface area contributed by atoms with Gasteiger partial charge in [-0.2, -0.15) is 0 Å². The zero-order valence-electron chi connectivity index (χ0n) is 9.55. The molecule has 0 saturated heterocycles. The highest BCUT2D eigenvalue weighted by molar-refractivity contribution is 6.30. The Hall–Kier alpha value is -1.17. The molecule has 0 bridgehead atoms. The fourth-order valence-corrected chi connectivity index (χ4v) is 1.72. The lowest BCUT2D eigenvalue weighted by Gasteiger charge is -2.18. The molecule has 2 unspecified atom stereocenters. The van der Waals surface area contributed by atoms with Gasteiger partial charge in [-0.25, -0.2) is 9.78 Å². The summed E-state index contributed by atoms with van der Waals surface area (Å²) in [6, 6.07) is 1.63. The van der Waals surface area contributed by atoms with Crippen molar-refractivity contribution >= 4 is 17.6 Å². The quantitative estimate of drug-likeness (QED) is 0.623. The fourth-order valence-electron chi connectivity index (χ4n) is 1.41. The topological polar surface area (TPSA) is 79.7 Å². The molecule has 1 aromatic heterocycles. The maximum Gasteiger partial charge on any atom is 0.338 e. The van der Waals surface area contributed by atoms with Crippen molar-refractivity contribution in [2.75, 3.05) is 6.61 Å². The van der Waals surface area contributed by atoms with Crippen molar-refractivity contribution in [3.63, 3.8) is 0 Å². The van der Waals surface area contributed by atoms with Crippen LogP contribution in [0.15, 0.2) is 12.3 Å². The van der Waals surface area contributed by atoms with Crippen LogP contribution in [0.4, 0.5) is 0 Å². The zero-order valence-corrected chi connectivity index (χ0v) is 10.3. The van der Waals surface area contributed by atoms with Crippen LogP contribution in [0.1, 0.15) is 24.2 Å². The van der Waals surface area contributed by atoms with Crippen molar-refractivity contribution in [3.05, 3.63) is 28.5 Å². The first-order valence-corrected chi connectivity index (χ1v) is 5.50. The van der Waals surface area contributed by atoms with E-state index in [-0.39, 0.29) is 17.3 Å². The van der Waals surface area contributed by atoms with Crippen LogP contribution in [0.5, 0.6) is 0 Å². The highest BCUT2D eigenvalue weighted by Gasteiger charge is 2.29. The largest absolute Gasteiger partial charge is 0.464 e. The molecule has 1 heterocycles. The number of hydrogen-bond acceptors (Lipinski definition) is 5. The number of aliphatic hydroxyl groups is 2. The maximum atomic E-state index is 11.3. The monoisotopic (exact) mass is 259 g/mol. The highest BCUT2D eigenvalue weighted by Crippen LogP contribution is 2.27. The second-order valence-electron chi connectivity index (χ2n) is 3.47. The Bertz CT molecular complexity index is 390. The van der Waals surface area contributed by atoms with Crippen molar-refractivity contribution in [2.24, 2.45) is 0 Å². The Morgan fingerprint density at radius 1 is 1.59 bits per heavy atom. The lowest BCUT2D eigenvalue weighted by Crippen LogP contribution is -2.30. The number of carbonyl (C=O) groups excluding carboxylic acids is 1. The summed E-state index contributed by atoms with van der Waals surface area (Å²) in [5.41, 5.74) is 0.871. The molecular weight excluding hydrogens is 246 g/mol. The third-order valence-electron chi connectivity index (χ3n) is 2.28. The molecule has 0 spiro atoms. The van der Waals surface area contributed by atoms with Gasteiger partial charge in [0.05, 0.1) is 6.61 Å². The van der Waals surface area contributed by atoms with E-state index in [0.29, 0.717) is 5.56 Å². The Kier molecular flexibility index (Phi) is 4.86. The first kappa shape index (κ1) is 13.9. The summed E-state index contributed by atoms with van der Waals surface area (Å²) in [7, 11) is 0. The van der Waals surface area contributed by atoms with Gasteiger partial charge in [-0.1, -0.05) is 11.6 Å². The molecule has 1 rings (SSSR count). The van der Waals surface area contributed by atoms with Crippen molar-refractivity contribution in [2.45, 2.75) is 26.1 Å². The number of aliphatic hydroxyl groups excluding tert-OH is 2. The van der Waals surface area contributed by atoms with Gasteiger partial charge in [0.2, 0.25) is 0 Å². The van der Waals surface area contributed by atoms with Crippen LogP contribution in [-0.4, -0.2) is 33.9 Å². The van der Waals surface area contributed by atoms with Crippen molar-refractivity contribution in [3.8, 4) is 0 Å². The lowest BCUT2D eigenvalue weighted by atomic mass is 10.0. The van der Waals surface area contributed by atoms with Crippen LogP contribution in [-0.2, 0) is 9.53 Å². The van der Waals surface area contributed by atoms with E-state index >= 15 is 0 Å². The predicted octanol–water partition coefficient (Wildman–Crippen LogP) is 1.00. The minimum Gasteiger partial charge on any atom is -0.464 e. The molecule has 2 N–H and O–H groups in total. The van der Waals surface area contributed by atoms with Crippen molar-refractivity contribution in [1.82, 2.24) is 4.98 Å². The molecule has 1 aromatic rings. The van der Waals surface area contributed by atoms with Crippen molar-refractivity contribution in [1.29, 1.82) is 0 Å². The van der Waals surface area contributed by atoms with E-state index in [1.807, 2.05) is 0 Å². The summed E-state index contributed by atoms with van der Waals surface area (Å²) < 4.78 is 4.61. The first-order chi connectivity index (χ1) is 7.99. The van der Waals surface area contributed by atoms with E-state index in [1.165, 1.54) is 6.20 Å². The fraction of sp³-hybridized carbons (Fsp3) is 0.455. The molecule has 0 aromatic carbocycles. The van der Waals surface area contributed by atoms with Crippen molar-refractivity contribution < 1.29 is 19.7 Å². The highest BCUT2D eigenvalue weighted by atomic mass is 35.5. The smallest absolute Gasteiger partial charge is 0.338 e. The second kappa shape index (κ2) is 5.95. The van der Waals surface area contributed by atoms with Gasteiger partial charge in [-0.15, -0.1) is 0 Å². The van der Waals surface area contributed by atoms with Crippen LogP contribution in [0.3, 0.4) is 0 Å². The normalized spacial score (nSPS) is 14.2. The number of nitrogens with zero attached hydrogens (tertiary/aromatic N) is 1. The number of halogens is 1. The number of carbonyl (C=O) groups is 1. The molecular formula is C11H14ClNO4. The van der Waals surface area contributed by atoms with Gasteiger partial charge in [0, 0.05) is 11.8 Å². The third-order valence-corrected chi connectivity index (χ3v) is 2.58. The Morgan fingerprint density at radius 2 is 2.24 bits per heavy atom. The Morgan fingerprint density at radius 3 is 2.76 bits per heavy atom. The predicted molar refractivity (Wildman–Crippen MR) is 61.6 cm³/mol. The maximum absolute atomic E-state index is 11.3. The van der Waals surface area contributed by atoms with E-state index in [4.69, 9.17) is 11.6 Å². The molecule has 0 aliphatic heterocycles. The molecule has 0 radical (unpaired) electrons. The van der Waals surface area contributed by atoms with Crippen LogP contribution >= 0.6 is 11.6 Å². The molecule has 6 heteroatoms. The first-order valence-electron chi connectivity index (χ1n) is 5.12. The number of aryl methyl sites for hydroxylation is 1. The van der Waals surface area contributed by atoms with Gasteiger partial charge in [-0.05, 0) is 25.5 Å². The standard InChI is InChI=1S/C11H14ClNO4/c1-3-17-11(16)9(15)8(14)7-6(2)4-5-13-10(7)12/h4-5,8-9,14-15H,3H2,1-2H3. The van der Waals surface area contributed by atoms with Gasteiger partial charge in [-0.3, -0.25) is 0 Å². The molecule has 5 nitrogen and oxygen atoms in total. The number of esters is 1. The van der Waals surface area contributed by atoms with Gasteiger partial charge >= 0.3 is 5.97 Å². The van der Waals surface area contributed by atoms with Gasteiger partial charge < -0.3 is 14.9 Å². The summed E-state index contributed by atoms with van der Waals surface area (Å²) in [4.78, 5) is 15.1. The molecule has 0 aliphatic rings.